The van der Waals surface area contributed by atoms with E-state index in [1.54, 1.807) is 18.2 Å². The molecule has 0 aliphatic heterocycles. The van der Waals surface area contributed by atoms with E-state index in [1.165, 1.54) is 0 Å². The van der Waals surface area contributed by atoms with E-state index in [0.29, 0.717) is 16.5 Å². The SMILES string of the molecule is O=C1C/C(=N/Nc2ccc(Cl)c(Cl)c2)c2ccccc21. The molecule has 2 aromatic carbocycles. The number of ketones is 1. The zero-order valence-corrected chi connectivity index (χ0v) is 11.9. The molecule has 0 spiro atoms. The highest BCUT2D eigenvalue weighted by molar-refractivity contribution is 6.42. The quantitative estimate of drug-likeness (QED) is 0.836. The van der Waals surface area contributed by atoms with E-state index in [0.717, 1.165) is 22.5 Å². The zero-order chi connectivity index (χ0) is 14.1. The van der Waals surface area contributed by atoms with Crippen LogP contribution in [0.1, 0.15) is 22.3 Å². The van der Waals surface area contributed by atoms with Gasteiger partial charge in [-0.15, -0.1) is 0 Å². The van der Waals surface area contributed by atoms with Gasteiger partial charge in [-0.25, -0.2) is 0 Å². The van der Waals surface area contributed by atoms with E-state index in [1.807, 2.05) is 24.3 Å². The summed E-state index contributed by atoms with van der Waals surface area (Å²) in [6, 6.07) is 12.6. The molecule has 0 amide bonds. The lowest BCUT2D eigenvalue weighted by atomic mass is 10.1. The topological polar surface area (TPSA) is 41.5 Å². The molecule has 0 atom stereocenters. The molecular weight excluding hydrogens is 295 g/mol. The van der Waals surface area contributed by atoms with Crippen LogP contribution in [0.2, 0.25) is 10.0 Å². The minimum atomic E-state index is 0.0929. The minimum absolute atomic E-state index is 0.0929. The number of halogens is 2. The standard InChI is InChI=1S/C15H10Cl2N2O/c16-12-6-5-9(7-13(12)17)18-19-14-8-15(20)11-4-2-1-3-10(11)14/h1-7,18H,8H2/b19-14-. The average Bonchev–Trinajstić information content (AvgIpc) is 2.78. The van der Waals surface area contributed by atoms with Crippen LogP contribution in [0.5, 0.6) is 0 Å². The molecule has 2 aromatic rings. The van der Waals surface area contributed by atoms with Crippen LogP contribution in [-0.2, 0) is 0 Å². The van der Waals surface area contributed by atoms with Crippen molar-refractivity contribution in [1.29, 1.82) is 0 Å². The van der Waals surface area contributed by atoms with Gasteiger partial charge in [0.15, 0.2) is 5.78 Å². The molecule has 1 N–H and O–H groups in total. The maximum Gasteiger partial charge on any atom is 0.169 e. The highest BCUT2D eigenvalue weighted by Gasteiger charge is 2.24. The Labute approximate surface area is 126 Å². The van der Waals surface area contributed by atoms with Crippen LogP contribution in [0.4, 0.5) is 5.69 Å². The van der Waals surface area contributed by atoms with Crippen molar-refractivity contribution < 1.29 is 4.79 Å². The number of nitrogens with zero attached hydrogens (tertiary/aromatic N) is 1. The largest absolute Gasteiger partial charge is 0.294 e. The number of benzene rings is 2. The van der Waals surface area contributed by atoms with Crippen LogP contribution >= 0.6 is 23.2 Å². The summed E-state index contributed by atoms with van der Waals surface area (Å²) in [6.07, 6.45) is 0.313. The molecule has 0 bridgehead atoms. The number of carbonyl (C=O) groups excluding carboxylic acids is 1. The van der Waals surface area contributed by atoms with Crippen molar-refractivity contribution >= 4 is 40.4 Å². The van der Waals surface area contributed by atoms with Gasteiger partial charge < -0.3 is 0 Å². The molecular formula is C15H10Cl2N2O. The van der Waals surface area contributed by atoms with Gasteiger partial charge >= 0.3 is 0 Å². The summed E-state index contributed by atoms with van der Waals surface area (Å²) in [7, 11) is 0. The average molecular weight is 305 g/mol. The molecule has 3 rings (SSSR count). The molecule has 1 aliphatic rings. The van der Waals surface area contributed by atoms with E-state index >= 15 is 0 Å². The lowest BCUT2D eigenvalue weighted by molar-refractivity contribution is 0.101. The number of fused-ring (bicyclic) bond motifs is 1. The number of hydrogen-bond donors (Lipinski definition) is 1. The highest BCUT2D eigenvalue weighted by Crippen LogP contribution is 2.26. The fourth-order valence-corrected chi connectivity index (χ4v) is 2.42. The second kappa shape index (κ2) is 5.27. The number of anilines is 1. The summed E-state index contributed by atoms with van der Waals surface area (Å²) < 4.78 is 0. The summed E-state index contributed by atoms with van der Waals surface area (Å²) in [4.78, 5) is 11.8. The maximum absolute atomic E-state index is 11.8. The molecule has 0 aromatic heterocycles. The van der Waals surface area contributed by atoms with Gasteiger partial charge in [0.25, 0.3) is 0 Å². The minimum Gasteiger partial charge on any atom is -0.294 e. The summed E-state index contributed by atoms with van der Waals surface area (Å²) in [5, 5.41) is 5.25. The Balaban J connectivity index is 1.87. The Bertz CT molecular complexity index is 726. The van der Waals surface area contributed by atoms with Crippen LogP contribution in [0.15, 0.2) is 47.6 Å². The summed E-state index contributed by atoms with van der Waals surface area (Å²) >= 11 is 11.8. The monoisotopic (exact) mass is 304 g/mol. The third kappa shape index (κ3) is 2.42. The predicted molar refractivity (Wildman–Crippen MR) is 82.0 cm³/mol. The van der Waals surface area contributed by atoms with Crippen molar-refractivity contribution in [2.24, 2.45) is 5.10 Å². The zero-order valence-electron chi connectivity index (χ0n) is 10.4. The van der Waals surface area contributed by atoms with Crippen molar-refractivity contribution in [3.05, 3.63) is 63.6 Å². The Morgan fingerprint density at radius 2 is 1.75 bits per heavy atom. The fourth-order valence-electron chi connectivity index (χ4n) is 2.12. The van der Waals surface area contributed by atoms with Crippen LogP contribution < -0.4 is 5.43 Å². The molecule has 0 heterocycles. The molecule has 0 unspecified atom stereocenters. The number of rotatable bonds is 2. The molecule has 5 heteroatoms. The van der Waals surface area contributed by atoms with E-state index < -0.39 is 0 Å². The molecule has 3 nitrogen and oxygen atoms in total. The summed E-state index contributed by atoms with van der Waals surface area (Å²) in [5.41, 5.74) is 5.97. The lowest BCUT2D eigenvalue weighted by Gasteiger charge is -2.04. The van der Waals surface area contributed by atoms with Crippen LogP contribution in [0.3, 0.4) is 0 Å². The van der Waals surface area contributed by atoms with Crippen LogP contribution in [0, 0.1) is 0 Å². The Morgan fingerprint density at radius 3 is 2.50 bits per heavy atom. The van der Waals surface area contributed by atoms with Gasteiger partial charge in [-0.1, -0.05) is 47.5 Å². The molecule has 100 valence electrons. The lowest BCUT2D eigenvalue weighted by Crippen LogP contribution is -2.00. The molecule has 20 heavy (non-hydrogen) atoms. The van der Waals surface area contributed by atoms with Gasteiger partial charge in [0.2, 0.25) is 0 Å². The number of carbonyl (C=O) groups is 1. The third-order valence-electron chi connectivity index (χ3n) is 3.11. The van der Waals surface area contributed by atoms with Gasteiger partial charge in [-0.3, -0.25) is 10.2 Å². The van der Waals surface area contributed by atoms with Gasteiger partial charge in [-0.2, -0.15) is 5.10 Å². The van der Waals surface area contributed by atoms with Gasteiger partial charge in [0.1, 0.15) is 0 Å². The van der Waals surface area contributed by atoms with E-state index in [-0.39, 0.29) is 5.78 Å². The van der Waals surface area contributed by atoms with Crippen molar-refractivity contribution in [3.63, 3.8) is 0 Å². The normalized spacial score (nSPS) is 15.5. The smallest absolute Gasteiger partial charge is 0.169 e. The first-order valence-electron chi connectivity index (χ1n) is 6.05. The number of nitrogens with one attached hydrogen (secondary N) is 1. The van der Waals surface area contributed by atoms with E-state index in [4.69, 9.17) is 23.2 Å². The molecule has 0 saturated heterocycles. The highest BCUT2D eigenvalue weighted by atomic mass is 35.5. The van der Waals surface area contributed by atoms with E-state index in [2.05, 4.69) is 10.5 Å². The van der Waals surface area contributed by atoms with Crippen molar-refractivity contribution in [2.75, 3.05) is 5.43 Å². The van der Waals surface area contributed by atoms with Crippen LogP contribution in [-0.4, -0.2) is 11.5 Å². The van der Waals surface area contributed by atoms with Gasteiger partial charge in [-0.05, 0) is 18.2 Å². The number of hydrogen-bond acceptors (Lipinski definition) is 3. The third-order valence-corrected chi connectivity index (χ3v) is 3.84. The number of hydrazone groups is 1. The van der Waals surface area contributed by atoms with Crippen LogP contribution in [0.25, 0.3) is 0 Å². The first-order valence-corrected chi connectivity index (χ1v) is 6.81. The first kappa shape index (κ1) is 13.2. The molecule has 0 radical (unpaired) electrons. The second-order valence-corrected chi connectivity index (χ2v) is 5.26. The molecule has 1 aliphatic carbocycles. The van der Waals surface area contributed by atoms with Crippen molar-refractivity contribution in [2.45, 2.75) is 6.42 Å². The predicted octanol–water partition coefficient (Wildman–Crippen LogP) is 4.40. The van der Waals surface area contributed by atoms with Crippen molar-refractivity contribution in [3.8, 4) is 0 Å². The second-order valence-electron chi connectivity index (χ2n) is 4.44. The Hall–Kier alpha value is -1.84. The number of Topliss-reactive ketones (excluding diaryl/α,β-unsaturated/α-hetero) is 1. The Morgan fingerprint density at radius 1 is 1.00 bits per heavy atom. The Kier molecular flexibility index (Phi) is 3.47. The molecule has 0 fully saturated rings. The fraction of sp³-hybridized carbons (Fsp3) is 0.0667. The van der Waals surface area contributed by atoms with E-state index in [9.17, 15) is 4.79 Å². The molecule has 0 saturated carbocycles. The maximum atomic E-state index is 11.8. The first-order chi connectivity index (χ1) is 9.65. The van der Waals surface area contributed by atoms with Crippen molar-refractivity contribution in [1.82, 2.24) is 0 Å². The summed E-state index contributed by atoms with van der Waals surface area (Å²) in [6.45, 7) is 0. The summed E-state index contributed by atoms with van der Waals surface area (Å²) in [5.74, 6) is 0.0929. The van der Waals surface area contributed by atoms with Gasteiger partial charge in [0, 0.05) is 11.1 Å². The van der Waals surface area contributed by atoms with Gasteiger partial charge in [0.05, 0.1) is 27.9 Å².